The first-order chi connectivity index (χ1) is 14.9. The van der Waals surface area contributed by atoms with Crippen molar-refractivity contribution in [1.82, 2.24) is 5.32 Å². The third-order valence-corrected chi connectivity index (χ3v) is 6.37. The Kier molecular flexibility index (Phi) is 5.91. The molecule has 1 N–H and O–H groups in total. The molecule has 0 spiro atoms. The average molecular weight is 418 g/mol. The van der Waals surface area contributed by atoms with Gasteiger partial charge >= 0.3 is 0 Å². The molecule has 2 fully saturated rings. The molecule has 1 atom stereocenters. The first-order valence-corrected chi connectivity index (χ1v) is 11.2. The number of hydrogen-bond donors (Lipinski definition) is 1. The fraction of sp³-hybridized carbons (Fsp3) is 0.462. The van der Waals surface area contributed by atoms with Gasteiger partial charge in [-0.2, -0.15) is 5.26 Å². The van der Waals surface area contributed by atoms with Crippen LogP contribution in [0.2, 0.25) is 0 Å². The van der Waals surface area contributed by atoms with E-state index in [9.17, 15) is 4.79 Å². The predicted octanol–water partition coefficient (Wildman–Crippen LogP) is 4.81. The van der Waals surface area contributed by atoms with Crippen molar-refractivity contribution < 1.29 is 9.53 Å². The maximum atomic E-state index is 12.2. The van der Waals surface area contributed by atoms with Gasteiger partial charge in [0, 0.05) is 24.7 Å². The molecule has 1 saturated carbocycles. The predicted molar refractivity (Wildman–Crippen MR) is 122 cm³/mol. The van der Waals surface area contributed by atoms with E-state index in [1.165, 1.54) is 24.1 Å². The molecule has 1 saturated heterocycles. The van der Waals surface area contributed by atoms with Crippen molar-refractivity contribution in [1.29, 1.82) is 5.26 Å². The van der Waals surface area contributed by atoms with Gasteiger partial charge in [0.2, 0.25) is 5.91 Å². The Bertz CT molecular complexity index is 950. The van der Waals surface area contributed by atoms with Crippen molar-refractivity contribution in [3.05, 3.63) is 59.7 Å². The third kappa shape index (κ3) is 5.02. The highest BCUT2D eigenvalue weighted by molar-refractivity contribution is 5.84. The maximum absolute atomic E-state index is 12.2. The van der Waals surface area contributed by atoms with Gasteiger partial charge in [0.05, 0.1) is 18.7 Å². The van der Waals surface area contributed by atoms with Crippen LogP contribution in [0, 0.1) is 22.7 Å². The van der Waals surface area contributed by atoms with Crippen LogP contribution in [0.4, 0.5) is 5.69 Å². The van der Waals surface area contributed by atoms with Gasteiger partial charge in [-0.1, -0.05) is 24.3 Å². The number of carbonyl (C=O) groups excluding carboxylic acids is 1. The summed E-state index contributed by atoms with van der Waals surface area (Å²) in [7, 11) is 0. The third-order valence-electron chi connectivity index (χ3n) is 6.37. The fourth-order valence-electron chi connectivity index (χ4n) is 3.72. The van der Waals surface area contributed by atoms with Gasteiger partial charge in [-0.05, 0) is 74.9 Å². The Balaban J connectivity index is 1.28. The van der Waals surface area contributed by atoms with Crippen molar-refractivity contribution in [2.45, 2.75) is 45.6 Å². The molecule has 4 rings (SSSR count). The summed E-state index contributed by atoms with van der Waals surface area (Å²) < 4.78 is 5.83. The van der Waals surface area contributed by atoms with Crippen LogP contribution in [-0.4, -0.2) is 25.6 Å². The van der Waals surface area contributed by atoms with Crippen LogP contribution in [0.3, 0.4) is 0 Å². The molecule has 1 aliphatic carbocycles. The van der Waals surface area contributed by atoms with E-state index in [0.29, 0.717) is 5.92 Å². The summed E-state index contributed by atoms with van der Waals surface area (Å²) in [4.78, 5) is 14.6. The molecule has 1 aliphatic heterocycles. The topological polar surface area (TPSA) is 65.4 Å². The number of benzene rings is 2. The van der Waals surface area contributed by atoms with Gasteiger partial charge in [0.25, 0.3) is 0 Å². The molecule has 0 aromatic heterocycles. The van der Waals surface area contributed by atoms with Crippen LogP contribution in [0.15, 0.2) is 48.5 Å². The molecule has 5 heteroatoms. The summed E-state index contributed by atoms with van der Waals surface area (Å²) in [5.41, 5.74) is 2.58. The van der Waals surface area contributed by atoms with E-state index in [1.54, 1.807) is 13.8 Å². The highest BCUT2D eigenvalue weighted by Gasteiger charge is 2.30. The molecular weight excluding hydrogens is 386 g/mol. The monoisotopic (exact) mass is 417 g/mol. The molecule has 0 unspecified atom stereocenters. The van der Waals surface area contributed by atoms with Gasteiger partial charge in [0.1, 0.15) is 11.2 Å². The molecule has 1 heterocycles. The highest BCUT2D eigenvalue weighted by atomic mass is 16.5. The maximum Gasteiger partial charge on any atom is 0.240 e. The smallest absolute Gasteiger partial charge is 0.240 e. The van der Waals surface area contributed by atoms with Crippen LogP contribution >= 0.6 is 0 Å². The minimum atomic E-state index is -1.02. The molecule has 1 amide bonds. The van der Waals surface area contributed by atoms with E-state index in [0.717, 1.165) is 36.9 Å². The average Bonchev–Trinajstić information content (AvgIpc) is 3.57. The number of nitriles is 1. The number of carbonyl (C=O) groups is 1. The Morgan fingerprint density at radius 3 is 2.39 bits per heavy atom. The van der Waals surface area contributed by atoms with Gasteiger partial charge in [0.15, 0.2) is 0 Å². The first-order valence-electron chi connectivity index (χ1n) is 11.2. The summed E-state index contributed by atoms with van der Waals surface area (Å²) in [5, 5.41) is 12.1. The lowest BCUT2D eigenvalue weighted by Gasteiger charge is -2.41. The van der Waals surface area contributed by atoms with Crippen LogP contribution < -0.4 is 15.0 Å². The minimum absolute atomic E-state index is 0.132. The second-order valence-electron chi connectivity index (χ2n) is 9.45. The standard InChI is InChI=1S/C26H31N3O2/c1-18(28-25(30)26(2,3)17-27)20-6-8-21(9-7-20)22-14-29(15-22)23-10-12-24(13-11-23)31-16-19-4-5-19/h6-13,18-19,22H,4-5,14-16H2,1-3H3,(H,28,30)/t18-/m0/s1. The number of amides is 1. The van der Waals surface area contributed by atoms with E-state index in [4.69, 9.17) is 10.00 Å². The quantitative estimate of drug-likeness (QED) is 0.670. The minimum Gasteiger partial charge on any atom is -0.493 e. The summed E-state index contributed by atoms with van der Waals surface area (Å²) >= 11 is 0. The van der Waals surface area contributed by atoms with Crippen molar-refractivity contribution in [3.8, 4) is 11.8 Å². The van der Waals surface area contributed by atoms with Gasteiger partial charge in [-0.3, -0.25) is 4.79 Å². The second-order valence-corrected chi connectivity index (χ2v) is 9.45. The van der Waals surface area contributed by atoms with Crippen LogP contribution in [0.5, 0.6) is 5.75 Å². The van der Waals surface area contributed by atoms with Crippen molar-refractivity contribution >= 4 is 11.6 Å². The lowest BCUT2D eigenvalue weighted by atomic mass is 9.89. The van der Waals surface area contributed by atoms with Gasteiger partial charge in [-0.25, -0.2) is 0 Å². The number of hydrogen-bond acceptors (Lipinski definition) is 4. The van der Waals surface area contributed by atoms with E-state index in [2.05, 4.69) is 58.7 Å². The lowest BCUT2D eigenvalue weighted by molar-refractivity contribution is -0.127. The van der Waals surface area contributed by atoms with Gasteiger partial charge < -0.3 is 15.0 Å². The largest absolute Gasteiger partial charge is 0.493 e. The summed E-state index contributed by atoms with van der Waals surface area (Å²) in [6.07, 6.45) is 2.61. The number of rotatable bonds is 8. The zero-order chi connectivity index (χ0) is 22.0. The van der Waals surface area contributed by atoms with Crippen molar-refractivity contribution in [2.75, 3.05) is 24.6 Å². The Labute approximate surface area is 185 Å². The van der Waals surface area contributed by atoms with Crippen LogP contribution in [0.25, 0.3) is 0 Å². The summed E-state index contributed by atoms with van der Waals surface area (Å²) in [5.74, 6) is 2.00. The van der Waals surface area contributed by atoms with E-state index in [-0.39, 0.29) is 11.9 Å². The normalized spacial score (nSPS) is 17.4. The Hall–Kier alpha value is -3.00. The van der Waals surface area contributed by atoms with E-state index < -0.39 is 5.41 Å². The zero-order valence-corrected chi connectivity index (χ0v) is 18.6. The number of ether oxygens (including phenoxy) is 1. The molecule has 2 aliphatic rings. The van der Waals surface area contributed by atoms with Gasteiger partial charge in [-0.15, -0.1) is 0 Å². The van der Waals surface area contributed by atoms with E-state index in [1.807, 2.05) is 13.0 Å². The summed E-state index contributed by atoms with van der Waals surface area (Å²) in [6, 6.07) is 18.8. The fourth-order valence-corrected chi connectivity index (χ4v) is 3.72. The molecule has 2 aromatic rings. The Morgan fingerprint density at radius 2 is 1.81 bits per heavy atom. The number of nitrogens with zero attached hydrogens (tertiary/aromatic N) is 2. The Morgan fingerprint density at radius 1 is 1.16 bits per heavy atom. The SMILES string of the molecule is C[C@H](NC(=O)C(C)(C)C#N)c1ccc(C2CN(c3ccc(OCC4CC4)cc3)C2)cc1. The molecular formula is C26H31N3O2. The molecule has 162 valence electrons. The lowest BCUT2D eigenvalue weighted by Crippen LogP contribution is -2.45. The molecule has 0 radical (unpaired) electrons. The number of nitrogens with one attached hydrogen (secondary N) is 1. The van der Waals surface area contributed by atoms with Crippen LogP contribution in [-0.2, 0) is 4.79 Å². The van der Waals surface area contributed by atoms with Crippen molar-refractivity contribution in [3.63, 3.8) is 0 Å². The first kappa shape index (κ1) is 21.2. The second kappa shape index (κ2) is 8.63. The molecule has 5 nitrogen and oxygen atoms in total. The zero-order valence-electron chi connectivity index (χ0n) is 18.6. The number of anilines is 1. The van der Waals surface area contributed by atoms with Crippen LogP contribution in [0.1, 0.15) is 56.7 Å². The molecule has 0 bridgehead atoms. The molecule has 31 heavy (non-hydrogen) atoms. The van der Waals surface area contributed by atoms with E-state index >= 15 is 0 Å². The summed E-state index contributed by atoms with van der Waals surface area (Å²) in [6.45, 7) is 8.07. The molecule has 2 aromatic carbocycles. The van der Waals surface area contributed by atoms with Crippen molar-refractivity contribution in [2.24, 2.45) is 11.3 Å². The highest BCUT2D eigenvalue weighted by Crippen LogP contribution is 2.34.